The zero-order valence-electron chi connectivity index (χ0n) is 13.3. The van der Waals surface area contributed by atoms with Gasteiger partial charge in [-0.2, -0.15) is 0 Å². The number of nitrogens with one attached hydrogen (secondary N) is 2. The van der Waals surface area contributed by atoms with Crippen LogP contribution in [0.3, 0.4) is 0 Å². The van der Waals surface area contributed by atoms with E-state index in [2.05, 4.69) is 10.0 Å². The summed E-state index contributed by atoms with van der Waals surface area (Å²) in [6.45, 7) is 6.56. The molecule has 124 valence electrons. The predicted octanol–water partition coefficient (Wildman–Crippen LogP) is 2.48. The quantitative estimate of drug-likeness (QED) is 0.830. The Morgan fingerprint density at radius 3 is 2.23 bits per heavy atom. The first-order chi connectivity index (χ1) is 9.96. The van der Waals surface area contributed by atoms with Crippen LogP contribution in [0.25, 0.3) is 0 Å². The second-order valence-electron chi connectivity index (χ2n) is 6.54. The lowest BCUT2D eigenvalue weighted by atomic mass is 9.96. The second-order valence-corrected chi connectivity index (χ2v) is 8.75. The fourth-order valence-corrected chi connectivity index (χ4v) is 2.66. The standard InChI is InChI=1S/C15H23ClN2O3S/c1-15(2,3)10-17-14(19)9-13(18-22(4,20)21)11-5-7-12(16)8-6-11/h5-8,13,18H,9-10H2,1-4H3,(H,17,19)/t13-/m1/s1. The minimum absolute atomic E-state index is 0.0321. The first-order valence-corrected chi connectivity index (χ1v) is 9.23. The average molecular weight is 347 g/mol. The van der Waals surface area contributed by atoms with Crippen molar-refractivity contribution in [1.82, 2.24) is 10.0 Å². The van der Waals surface area contributed by atoms with Gasteiger partial charge >= 0.3 is 0 Å². The predicted molar refractivity (Wildman–Crippen MR) is 89.3 cm³/mol. The van der Waals surface area contributed by atoms with E-state index < -0.39 is 16.1 Å². The molecule has 1 aromatic rings. The average Bonchev–Trinajstić information content (AvgIpc) is 2.34. The van der Waals surface area contributed by atoms with Gasteiger partial charge in [-0.15, -0.1) is 0 Å². The Kier molecular flexibility index (Phi) is 6.40. The van der Waals surface area contributed by atoms with Gasteiger partial charge in [-0.25, -0.2) is 13.1 Å². The Balaban J connectivity index is 2.83. The molecule has 0 aliphatic carbocycles. The maximum absolute atomic E-state index is 12.1. The van der Waals surface area contributed by atoms with Crippen molar-refractivity contribution in [1.29, 1.82) is 0 Å². The summed E-state index contributed by atoms with van der Waals surface area (Å²) in [4.78, 5) is 12.1. The van der Waals surface area contributed by atoms with Crippen molar-refractivity contribution in [2.24, 2.45) is 5.41 Å². The SMILES string of the molecule is CC(C)(C)CNC(=O)C[C@@H](NS(C)(=O)=O)c1ccc(Cl)cc1. The van der Waals surface area contributed by atoms with Crippen molar-refractivity contribution < 1.29 is 13.2 Å². The van der Waals surface area contributed by atoms with Gasteiger partial charge in [0.15, 0.2) is 0 Å². The minimum atomic E-state index is -3.43. The fraction of sp³-hybridized carbons (Fsp3) is 0.533. The molecular weight excluding hydrogens is 324 g/mol. The van der Waals surface area contributed by atoms with Gasteiger partial charge in [-0.1, -0.05) is 44.5 Å². The molecule has 0 aliphatic rings. The van der Waals surface area contributed by atoms with Crippen molar-refractivity contribution in [2.75, 3.05) is 12.8 Å². The molecule has 2 N–H and O–H groups in total. The third kappa shape index (κ3) is 7.77. The fourth-order valence-electron chi connectivity index (χ4n) is 1.80. The van der Waals surface area contributed by atoms with Crippen molar-refractivity contribution in [2.45, 2.75) is 33.2 Å². The molecule has 0 aliphatic heterocycles. The second kappa shape index (κ2) is 7.44. The summed E-state index contributed by atoms with van der Waals surface area (Å²) in [5.41, 5.74) is 0.663. The van der Waals surface area contributed by atoms with Crippen LogP contribution in [0, 0.1) is 5.41 Å². The van der Waals surface area contributed by atoms with Crippen LogP contribution in [0.2, 0.25) is 5.02 Å². The van der Waals surface area contributed by atoms with E-state index in [9.17, 15) is 13.2 Å². The summed E-state index contributed by atoms with van der Waals surface area (Å²) in [5.74, 6) is -0.203. The van der Waals surface area contributed by atoms with Crippen molar-refractivity contribution in [3.05, 3.63) is 34.9 Å². The highest BCUT2D eigenvalue weighted by Gasteiger charge is 2.21. The number of hydrogen-bond acceptors (Lipinski definition) is 3. The lowest BCUT2D eigenvalue weighted by Crippen LogP contribution is -2.36. The van der Waals surface area contributed by atoms with E-state index >= 15 is 0 Å². The van der Waals surface area contributed by atoms with Crippen LogP contribution < -0.4 is 10.0 Å². The number of benzene rings is 1. The first-order valence-electron chi connectivity index (χ1n) is 6.96. The summed E-state index contributed by atoms with van der Waals surface area (Å²) in [7, 11) is -3.43. The molecule has 1 atom stereocenters. The Morgan fingerprint density at radius 2 is 1.77 bits per heavy atom. The van der Waals surface area contributed by atoms with E-state index in [0.717, 1.165) is 6.26 Å². The molecule has 5 nitrogen and oxygen atoms in total. The van der Waals surface area contributed by atoms with Crippen LogP contribution in [0.15, 0.2) is 24.3 Å². The largest absolute Gasteiger partial charge is 0.356 e. The van der Waals surface area contributed by atoms with Crippen LogP contribution >= 0.6 is 11.6 Å². The molecule has 0 bridgehead atoms. The van der Waals surface area contributed by atoms with Crippen molar-refractivity contribution in [3.8, 4) is 0 Å². The molecule has 0 saturated carbocycles. The maximum Gasteiger partial charge on any atom is 0.221 e. The number of hydrogen-bond donors (Lipinski definition) is 2. The summed E-state index contributed by atoms with van der Waals surface area (Å²) in [6, 6.07) is 6.14. The highest BCUT2D eigenvalue weighted by molar-refractivity contribution is 7.88. The van der Waals surface area contributed by atoms with Gasteiger partial charge in [-0.3, -0.25) is 4.79 Å². The summed E-state index contributed by atoms with van der Waals surface area (Å²) >= 11 is 5.84. The van der Waals surface area contributed by atoms with Gasteiger partial charge in [0, 0.05) is 18.0 Å². The van der Waals surface area contributed by atoms with Gasteiger partial charge in [0.25, 0.3) is 0 Å². The lowest BCUT2D eigenvalue weighted by molar-refractivity contribution is -0.121. The Bertz CT molecular complexity index is 607. The lowest BCUT2D eigenvalue weighted by Gasteiger charge is -2.21. The molecule has 1 amide bonds. The molecule has 22 heavy (non-hydrogen) atoms. The van der Waals surface area contributed by atoms with Gasteiger partial charge in [0.2, 0.25) is 15.9 Å². The van der Waals surface area contributed by atoms with Crippen LogP contribution in [0.1, 0.15) is 38.8 Å². The summed E-state index contributed by atoms with van der Waals surface area (Å²) in [6.07, 6.45) is 1.10. The van der Waals surface area contributed by atoms with Crippen LogP contribution in [-0.4, -0.2) is 27.1 Å². The van der Waals surface area contributed by atoms with Gasteiger partial charge in [-0.05, 0) is 23.1 Å². The molecular formula is C15H23ClN2O3S. The van der Waals surface area contributed by atoms with E-state index in [-0.39, 0.29) is 17.7 Å². The molecule has 0 unspecified atom stereocenters. The molecule has 0 aromatic heterocycles. The molecule has 0 radical (unpaired) electrons. The number of sulfonamides is 1. The van der Waals surface area contributed by atoms with Crippen molar-refractivity contribution in [3.63, 3.8) is 0 Å². The smallest absolute Gasteiger partial charge is 0.221 e. The third-order valence-corrected chi connectivity index (χ3v) is 3.80. The third-order valence-electron chi connectivity index (χ3n) is 2.83. The first kappa shape index (κ1) is 18.9. The van der Waals surface area contributed by atoms with Gasteiger partial charge < -0.3 is 5.32 Å². The molecule has 0 heterocycles. The van der Waals surface area contributed by atoms with E-state index in [0.29, 0.717) is 17.1 Å². The minimum Gasteiger partial charge on any atom is -0.356 e. The number of carbonyl (C=O) groups is 1. The summed E-state index contributed by atoms with van der Waals surface area (Å²) < 4.78 is 25.5. The normalized spacial score (nSPS) is 13.7. The van der Waals surface area contributed by atoms with Gasteiger partial charge in [0.1, 0.15) is 0 Å². The molecule has 1 aromatic carbocycles. The van der Waals surface area contributed by atoms with Crippen LogP contribution in [-0.2, 0) is 14.8 Å². The highest BCUT2D eigenvalue weighted by Crippen LogP contribution is 2.20. The van der Waals surface area contributed by atoms with E-state index in [1.807, 2.05) is 20.8 Å². The topological polar surface area (TPSA) is 75.3 Å². The monoisotopic (exact) mass is 346 g/mol. The number of rotatable bonds is 6. The highest BCUT2D eigenvalue weighted by atomic mass is 35.5. The molecule has 7 heteroatoms. The van der Waals surface area contributed by atoms with Gasteiger partial charge in [0.05, 0.1) is 12.3 Å². The Morgan fingerprint density at radius 1 is 1.23 bits per heavy atom. The van der Waals surface area contributed by atoms with E-state index in [1.165, 1.54) is 0 Å². The van der Waals surface area contributed by atoms with E-state index in [4.69, 9.17) is 11.6 Å². The van der Waals surface area contributed by atoms with E-state index in [1.54, 1.807) is 24.3 Å². The molecule has 1 rings (SSSR count). The Labute approximate surface area is 137 Å². The Hall–Kier alpha value is -1.11. The number of halogens is 1. The van der Waals surface area contributed by atoms with Crippen LogP contribution in [0.5, 0.6) is 0 Å². The maximum atomic E-state index is 12.1. The summed E-state index contributed by atoms with van der Waals surface area (Å²) in [5, 5.41) is 3.37. The molecule has 0 saturated heterocycles. The van der Waals surface area contributed by atoms with Crippen molar-refractivity contribution >= 4 is 27.5 Å². The zero-order chi connectivity index (χ0) is 17.0. The molecule has 0 spiro atoms. The number of carbonyl (C=O) groups excluding carboxylic acids is 1. The van der Waals surface area contributed by atoms with Crippen LogP contribution in [0.4, 0.5) is 0 Å². The number of amides is 1. The zero-order valence-corrected chi connectivity index (χ0v) is 14.9. The molecule has 0 fully saturated rings.